The second-order valence-electron chi connectivity index (χ2n) is 6.19. The molecule has 0 saturated heterocycles. The Morgan fingerprint density at radius 3 is 2.55 bits per heavy atom. The van der Waals surface area contributed by atoms with Crippen LogP contribution in [0.2, 0.25) is 0 Å². The summed E-state index contributed by atoms with van der Waals surface area (Å²) >= 11 is 0. The van der Waals surface area contributed by atoms with E-state index in [2.05, 4.69) is 19.8 Å². The first-order valence-corrected chi connectivity index (χ1v) is 8.62. The Morgan fingerprint density at radius 1 is 1.10 bits per heavy atom. The molecule has 11 heteroatoms. The number of amides is 1. The number of nitrogens with zero attached hydrogens (tertiary/aromatic N) is 1. The number of carbonyl (C=O) groups excluding carboxylic acids is 1. The summed E-state index contributed by atoms with van der Waals surface area (Å²) in [5, 5.41) is 2.53. The molecular formula is C20H11F5N2O4. The summed E-state index contributed by atoms with van der Waals surface area (Å²) < 4.78 is 77.7. The van der Waals surface area contributed by atoms with E-state index in [4.69, 9.17) is 4.42 Å². The Labute approximate surface area is 170 Å². The number of carbonyl (C=O) groups is 1. The number of pyridine rings is 1. The van der Waals surface area contributed by atoms with Crippen molar-refractivity contribution in [3.05, 3.63) is 60.4 Å². The van der Waals surface area contributed by atoms with E-state index < -0.39 is 30.4 Å². The summed E-state index contributed by atoms with van der Waals surface area (Å²) in [4.78, 5) is 16.8. The van der Waals surface area contributed by atoms with E-state index in [1.807, 2.05) is 0 Å². The predicted octanol–water partition coefficient (Wildman–Crippen LogP) is 5.73. The molecule has 0 aliphatic heterocycles. The van der Waals surface area contributed by atoms with Crippen LogP contribution in [-0.4, -0.2) is 23.9 Å². The van der Waals surface area contributed by atoms with Crippen LogP contribution in [0.1, 0.15) is 10.4 Å². The largest absolute Gasteiger partial charge is 0.573 e. The minimum Gasteiger partial charge on any atom is -0.456 e. The molecule has 0 fully saturated rings. The summed E-state index contributed by atoms with van der Waals surface area (Å²) in [5.41, 5.74) is 0.122. The van der Waals surface area contributed by atoms with Gasteiger partial charge in [0, 0.05) is 17.0 Å². The molecule has 1 amide bonds. The van der Waals surface area contributed by atoms with Gasteiger partial charge in [0.2, 0.25) is 0 Å². The Morgan fingerprint density at radius 2 is 1.87 bits per heavy atom. The summed E-state index contributed by atoms with van der Waals surface area (Å²) in [7, 11) is 0. The maximum atomic E-state index is 13.0. The number of ether oxygens (including phenoxy) is 2. The van der Waals surface area contributed by atoms with E-state index in [-0.39, 0.29) is 33.2 Å². The molecule has 0 atom stereocenters. The molecule has 31 heavy (non-hydrogen) atoms. The van der Waals surface area contributed by atoms with E-state index in [0.717, 1.165) is 18.2 Å². The number of alkyl halides is 5. The summed E-state index contributed by atoms with van der Waals surface area (Å²) in [6.07, 6.45) is -2.15. The highest BCUT2D eigenvalue weighted by molar-refractivity contribution is 6.21. The van der Waals surface area contributed by atoms with Crippen LogP contribution in [-0.2, 0) is 0 Å². The van der Waals surface area contributed by atoms with Gasteiger partial charge in [0.1, 0.15) is 22.7 Å². The minimum atomic E-state index is -4.95. The lowest BCUT2D eigenvalue weighted by molar-refractivity contribution is -0.274. The molecule has 2 heterocycles. The number of furan rings is 1. The molecule has 4 rings (SSSR count). The molecule has 0 radical (unpaired) electrons. The van der Waals surface area contributed by atoms with Gasteiger partial charge in [0.05, 0.1) is 17.4 Å². The number of benzene rings is 2. The summed E-state index contributed by atoms with van der Waals surface area (Å²) in [6.45, 7) is -3.25. The van der Waals surface area contributed by atoms with Crippen molar-refractivity contribution in [3.8, 4) is 11.5 Å². The van der Waals surface area contributed by atoms with E-state index >= 15 is 0 Å². The van der Waals surface area contributed by atoms with Crippen LogP contribution < -0.4 is 14.8 Å². The first-order valence-electron chi connectivity index (χ1n) is 8.62. The van der Waals surface area contributed by atoms with Crippen molar-refractivity contribution >= 4 is 33.5 Å². The van der Waals surface area contributed by atoms with Crippen LogP contribution in [0.25, 0.3) is 21.9 Å². The molecule has 0 spiro atoms. The molecule has 0 aliphatic carbocycles. The topological polar surface area (TPSA) is 73.6 Å². The maximum absolute atomic E-state index is 13.0. The molecule has 160 valence electrons. The van der Waals surface area contributed by atoms with Crippen molar-refractivity contribution in [3.63, 3.8) is 0 Å². The Balaban J connectivity index is 1.91. The SMILES string of the molecule is O=C(Nc1cccnc1)c1c(OC(F)F)ccc2oc3ccc(OC(F)(F)F)cc3c12. The second-order valence-corrected chi connectivity index (χ2v) is 6.19. The first-order chi connectivity index (χ1) is 14.7. The average molecular weight is 438 g/mol. The predicted molar refractivity (Wildman–Crippen MR) is 99.2 cm³/mol. The lowest BCUT2D eigenvalue weighted by Crippen LogP contribution is -2.17. The lowest BCUT2D eigenvalue weighted by Gasteiger charge is -2.12. The number of rotatable bonds is 5. The molecule has 0 unspecified atom stereocenters. The highest BCUT2D eigenvalue weighted by atomic mass is 19.4. The molecule has 6 nitrogen and oxygen atoms in total. The molecule has 0 saturated carbocycles. The van der Waals surface area contributed by atoms with Crippen LogP contribution in [0.5, 0.6) is 11.5 Å². The number of fused-ring (bicyclic) bond motifs is 3. The van der Waals surface area contributed by atoms with Crippen molar-refractivity contribution in [2.24, 2.45) is 0 Å². The molecule has 1 N–H and O–H groups in total. The number of aromatic nitrogens is 1. The van der Waals surface area contributed by atoms with Gasteiger partial charge in [-0.25, -0.2) is 0 Å². The number of hydrogen-bond donors (Lipinski definition) is 1. The fourth-order valence-corrected chi connectivity index (χ4v) is 3.08. The second kappa shape index (κ2) is 7.74. The first kappa shape index (κ1) is 20.4. The van der Waals surface area contributed by atoms with E-state index in [1.165, 1.54) is 30.6 Å². The monoisotopic (exact) mass is 438 g/mol. The molecule has 4 aromatic rings. The average Bonchev–Trinajstić information content (AvgIpc) is 3.05. The fraction of sp³-hybridized carbons (Fsp3) is 0.100. The van der Waals surface area contributed by atoms with Crippen molar-refractivity contribution in [2.75, 3.05) is 5.32 Å². The van der Waals surface area contributed by atoms with Gasteiger partial charge < -0.3 is 19.2 Å². The molecule has 2 aromatic carbocycles. The fourth-order valence-electron chi connectivity index (χ4n) is 3.08. The van der Waals surface area contributed by atoms with E-state index in [1.54, 1.807) is 6.07 Å². The van der Waals surface area contributed by atoms with Crippen LogP contribution in [0.3, 0.4) is 0 Å². The summed E-state index contributed by atoms with van der Waals surface area (Å²) in [6, 6.07) is 8.70. The highest BCUT2D eigenvalue weighted by Gasteiger charge is 2.31. The zero-order valence-corrected chi connectivity index (χ0v) is 15.2. The lowest BCUT2D eigenvalue weighted by atomic mass is 10.0. The molecule has 2 aromatic heterocycles. The standard InChI is InChI=1S/C20H11F5N2O4/c21-19(22)30-15-6-5-14-16(17(15)18(28)27-10-2-1-7-26-9-10)12-8-11(31-20(23,24)25)3-4-13(12)29-14/h1-9,19H,(H,27,28). The normalized spacial score (nSPS) is 11.8. The van der Waals surface area contributed by atoms with Crippen molar-refractivity contribution < 1.29 is 40.6 Å². The number of anilines is 1. The quantitative estimate of drug-likeness (QED) is 0.403. The van der Waals surface area contributed by atoms with Gasteiger partial charge in [0.15, 0.2) is 0 Å². The molecule has 0 aliphatic rings. The van der Waals surface area contributed by atoms with Gasteiger partial charge in [-0.3, -0.25) is 9.78 Å². The van der Waals surface area contributed by atoms with Crippen molar-refractivity contribution in [1.82, 2.24) is 4.98 Å². The van der Waals surface area contributed by atoms with Crippen LogP contribution in [0.4, 0.5) is 27.6 Å². The third kappa shape index (κ3) is 4.34. The van der Waals surface area contributed by atoms with Gasteiger partial charge in [0.25, 0.3) is 5.91 Å². The summed E-state index contributed by atoms with van der Waals surface area (Å²) in [5.74, 6) is -1.89. The number of halogens is 5. The van der Waals surface area contributed by atoms with Crippen molar-refractivity contribution in [1.29, 1.82) is 0 Å². The smallest absolute Gasteiger partial charge is 0.456 e. The minimum absolute atomic E-state index is 0.0119. The van der Waals surface area contributed by atoms with Gasteiger partial charge in [-0.2, -0.15) is 8.78 Å². The van der Waals surface area contributed by atoms with Crippen LogP contribution in [0, 0.1) is 0 Å². The van der Waals surface area contributed by atoms with Gasteiger partial charge in [-0.15, -0.1) is 13.2 Å². The number of nitrogens with one attached hydrogen (secondary N) is 1. The van der Waals surface area contributed by atoms with Crippen LogP contribution in [0.15, 0.2) is 59.3 Å². The number of hydrogen-bond acceptors (Lipinski definition) is 5. The highest BCUT2D eigenvalue weighted by Crippen LogP contribution is 2.39. The Bertz CT molecular complexity index is 1260. The van der Waals surface area contributed by atoms with E-state index in [0.29, 0.717) is 0 Å². The molecular weight excluding hydrogens is 427 g/mol. The third-order valence-corrected chi connectivity index (χ3v) is 4.17. The van der Waals surface area contributed by atoms with Gasteiger partial charge in [-0.05, 0) is 42.5 Å². The maximum Gasteiger partial charge on any atom is 0.573 e. The van der Waals surface area contributed by atoms with E-state index in [9.17, 15) is 26.7 Å². The zero-order valence-electron chi connectivity index (χ0n) is 15.2. The molecule has 0 bridgehead atoms. The van der Waals surface area contributed by atoms with Crippen LogP contribution >= 0.6 is 0 Å². The van der Waals surface area contributed by atoms with Gasteiger partial charge >= 0.3 is 13.0 Å². The zero-order chi connectivity index (χ0) is 22.2. The van der Waals surface area contributed by atoms with Crippen molar-refractivity contribution in [2.45, 2.75) is 13.0 Å². The Hall–Kier alpha value is -3.89. The van der Waals surface area contributed by atoms with Gasteiger partial charge in [-0.1, -0.05) is 0 Å². The third-order valence-electron chi connectivity index (χ3n) is 4.17. The Kier molecular flexibility index (Phi) is 5.09.